The van der Waals surface area contributed by atoms with Gasteiger partial charge in [0.1, 0.15) is 0 Å². The molecule has 3 heterocycles. The van der Waals surface area contributed by atoms with Crippen LogP contribution in [-0.4, -0.2) is 13.7 Å². The summed E-state index contributed by atoms with van der Waals surface area (Å²) in [5, 5.41) is 16.7. The van der Waals surface area contributed by atoms with Crippen LogP contribution < -0.4 is 9.80 Å². The Hall–Kier alpha value is -10.6. The molecular weight excluding hydrogens is 915 g/mol. The molecule has 7 nitrogen and oxygen atoms in total. The maximum atomic E-state index is 9.91. The lowest BCUT2D eigenvalue weighted by Gasteiger charge is -2.26. The van der Waals surface area contributed by atoms with Gasteiger partial charge in [0, 0.05) is 83.5 Å². The van der Waals surface area contributed by atoms with Crippen LogP contribution in [0.4, 0.5) is 39.8 Å². The minimum atomic E-state index is 0.585. The number of aromatic nitrogens is 3. The molecule has 0 amide bonds. The average Bonchev–Trinajstić information content (AvgIpc) is 4.14. The van der Waals surface area contributed by atoms with Crippen molar-refractivity contribution in [2.24, 2.45) is 0 Å². The molecule has 0 aliphatic rings. The first-order valence-electron chi connectivity index (χ1n) is 25.0. The van der Waals surface area contributed by atoms with Gasteiger partial charge in [-0.05, 0) is 158 Å². The monoisotopic (exact) mass is 957 g/mol. The predicted octanol–water partition coefficient (Wildman–Crippen LogP) is 18.3. The first kappa shape index (κ1) is 43.2. The fourth-order valence-electron chi connectivity index (χ4n) is 11.3. The fraction of sp³-hybridized carbons (Fsp3) is 0. The number of benzene rings is 11. The maximum Gasteiger partial charge on any atom is 0.187 e. The highest BCUT2D eigenvalue weighted by Gasteiger charge is 2.23. The SMILES string of the molecule is [C-]#[N+]c1ccc(N(c2ccc3c(c2)c2ccccc2n3-c2ccccc2)c2ccc3c(c2)c2cc(N(c4ccc(C#N)cc4)c4ccc5c(c4)c4ccccc4n5-c4ccccc4)ccc2n3-c2ccccc2)cc1. The molecule has 0 unspecified atom stereocenters. The number of anilines is 6. The minimum absolute atomic E-state index is 0.585. The second-order valence-corrected chi connectivity index (χ2v) is 18.8. The van der Waals surface area contributed by atoms with Crippen LogP contribution in [0.25, 0.3) is 87.3 Å². The van der Waals surface area contributed by atoms with Crippen molar-refractivity contribution in [3.05, 3.63) is 278 Å². The Morgan fingerprint density at radius 2 is 0.600 bits per heavy atom. The van der Waals surface area contributed by atoms with Crippen molar-refractivity contribution in [1.29, 1.82) is 5.26 Å². The van der Waals surface area contributed by atoms with Gasteiger partial charge in [-0.2, -0.15) is 5.26 Å². The molecule has 350 valence electrons. The third-order valence-corrected chi connectivity index (χ3v) is 14.6. The number of hydrogen-bond acceptors (Lipinski definition) is 3. The normalized spacial score (nSPS) is 11.4. The van der Waals surface area contributed by atoms with E-state index < -0.39 is 0 Å². The molecule has 0 saturated carbocycles. The largest absolute Gasteiger partial charge is 0.311 e. The number of para-hydroxylation sites is 5. The van der Waals surface area contributed by atoms with Crippen LogP contribution in [0.3, 0.4) is 0 Å². The molecule has 0 aliphatic carbocycles. The molecule has 0 fully saturated rings. The van der Waals surface area contributed by atoms with Crippen LogP contribution in [0.1, 0.15) is 5.56 Å². The molecule has 0 N–H and O–H groups in total. The van der Waals surface area contributed by atoms with Gasteiger partial charge < -0.3 is 23.5 Å². The Morgan fingerprint density at radius 3 is 0.947 bits per heavy atom. The summed E-state index contributed by atoms with van der Waals surface area (Å²) in [6.07, 6.45) is 0. The Labute approximate surface area is 432 Å². The van der Waals surface area contributed by atoms with Gasteiger partial charge >= 0.3 is 0 Å². The Kier molecular flexibility index (Phi) is 10.1. The molecule has 0 aliphatic heterocycles. The summed E-state index contributed by atoms with van der Waals surface area (Å²) in [6.45, 7) is 7.80. The maximum absolute atomic E-state index is 9.91. The predicted molar refractivity (Wildman–Crippen MR) is 310 cm³/mol. The van der Waals surface area contributed by atoms with E-state index in [0.29, 0.717) is 11.3 Å². The third-order valence-electron chi connectivity index (χ3n) is 14.6. The van der Waals surface area contributed by atoms with E-state index in [9.17, 15) is 5.26 Å². The van der Waals surface area contributed by atoms with E-state index in [4.69, 9.17) is 6.57 Å². The zero-order valence-electron chi connectivity index (χ0n) is 40.5. The smallest absolute Gasteiger partial charge is 0.187 e. The molecule has 0 spiro atoms. The first-order valence-corrected chi connectivity index (χ1v) is 25.0. The summed E-state index contributed by atoms with van der Waals surface area (Å²) >= 11 is 0. The molecule has 7 heteroatoms. The van der Waals surface area contributed by atoms with Crippen molar-refractivity contribution in [3.8, 4) is 23.1 Å². The van der Waals surface area contributed by atoms with Gasteiger partial charge in [-0.3, -0.25) is 0 Å². The fourth-order valence-corrected chi connectivity index (χ4v) is 11.3. The molecule has 75 heavy (non-hydrogen) atoms. The second-order valence-electron chi connectivity index (χ2n) is 18.8. The minimum Gasteiger partial charge on any atom is -0.311 e. The molecule has 0 saturated heterocycles. The van der Waals surface area contributed by atoms with Crippen LogP contribution >= 0.6 is 0 Å². The van der Waals surface area contributed by atoms with E-state index in [1.54, 1.807) is 0 Å². The van der Waals surface area contributed by atoms with E-state index in [1.807, 2.05) is 48.5 Å². The summed E-state index contributed by atoms with van der Waals surface area (Å²) in [4.78, 5) is 8.36. The van der Waals surface area contributed by atoms with Gasteiger partial charge in [0.15, 0.2) is 5.69 Å². The van der Waals surface area contributed by atoms with Gasteiger partial charge in [0.05, 0.1) is 51.3 Å². The molecule has 11 aromatic carbocycles. The molecule has 0 radical (unpaired) electrons. The van der Waals surface area contributed by atoms with E-state index in [0.717, 1.165) is 106 Å². The second kappa shape index (κ2) is 17.6. The summed E-state index contributed by atoms with van der Waals surface area (Å²) in [5.74, 6) is 0. The Balaban J connectivity index is 0.990. The summed E-state index contributed by atoms with van der Waals surface area (Å²) < 4.78 is 7.04. The van der Waals surface area contributed by atoms with Crippen molar-refractivity contribution in [2.75, 3.05) is 9.80 Å². The van der Waals surface area contributed by atoms with E-state index >= 15 is 0 Å². The van der Waals surface area contributed by atoms with Crippen LogP contribution in [0, 0.1) is 17.9 Å². The Morgan fingerprint density at radius 1 is 0.307 bits per heavy atom. The number of nitriles is 1. The summed E-state index contributed by atoms with van der Waals surface area (Å²) in [7, 11) is 0. The highest BCUT2D eigenvalue weighted by Crippen LogP contribution is 2.46. The first-order chi connectivity index (χ1) is 37.1. The van der Waals surface area contributed by atoms with Crippen LogP contribution in [0.15, 0.2) is 261 Å². The Bertz CT molecular complexity index is 4320. The molecule has 3 aromatic heterocycles. The van der Waals surface area contributed by atoms with Crippen molar-refractivity contribution in [2.45, 2.75) is 0 Å². The molecule has 0 atom stereocenters. The van der Waals surface area contributed by atoms with Crippen LogP contribution in [0.5, 0.6) is 0 Å². The highest BCUT2D eigenvalue weighted by atomic mass is 15.2. The summed E-state index contributed by atoms with van der Waals surface area (Å²) in [6, 6.07) is 94.0. The number of fused-ring (bicyclic) bond motifs is 9. The number of nitrogens with zero attached hydrogens (tertiary/aromatic N) is 7. The lowest BCUT2D eigenvalue weighted by molar-refractivity contribution is 1.18. The molecule has 0 bridgehead atoms. The van der Waals surface area contributed by atoms with Gasteiger partial charge in [-0.1, -0.05) is 103 Å². The number of rotatable bonds is 9. The van der Waals surface area contributed by atoms with Crippen LogP contribution in [0.2, 0.25) is 0 Å². The summed E-state index contributed by atoms with van der Waals surface area (Å²) in [5.41, 5.74) is 16.9. The van der Waals surface area contributed by atoms with E-state index in [-0.39, 0.29) is 0 Å². The average molecular weight is 958 g/mol. The van der Waals surface area contributed by atoms with Gasteiger partial charge in [0.2, 0.25) is 0 Å². The van der Waals surface area contributed by atoms with Crippen molar-refractivity contribution in [1.82, 2.24) is 13.7 Å². The number of hydrogen-bond donors (Lipinski definition) is 0. The quantitative estimate of drug-likeness (QED) is 0.135. The van der Waals surface area contributed by atoms with Gasteiger partial charge in [-0.25, -0.2) is 4.85 Å². The van der Waals surface area contributed by atoms with Crippen LogP contribution in [-0.2, 0) is 0 Å². The molecular formula is C68H43N7. The lowest BCUT2D eigenvalue weighted by atomic mass is 10.1. The van der Waals surface area contributed by atoms with Gasteiger partial charge in [0.25, 0.3) is 0 Å². The van der Waals surface area contributed by atoms with E-state index in [2.05, 4.69) is 247 Å². The van der Waals surface area contributed by atoms with Crippen molar-refractivity contribution < 1.29 is 0 Å². The zero-order chi connectivity index (χ0) is 50.0. The zero-order valence-corrected chi connectivity index (χ0v) is 40.5. The lowest BCUT2D eigenvalue weighted by Crippen LogP contribution is -2.10. The standard InChI is InChI=1S/C68H43N7/c1-70-47-27-31-52(32-28-47)72(54-34-38-66-60(42-54)58-22-12-14-24-64(58)74(66)49-17-7-3-8-18-49)56-36-40-68-62(44-56)61-43-55(35-39-67(61)75(68)50-19-9-4-10-20-50)71(51-29-25-46(45-69)26-30-51)53-33-37-65-59(41-53)57-21-11-13-23-63(57)73(65)48-15-5-2-6-16-48/h2-44H. The molecule has 14 aromatic rings. The topological polar surface area (TPSA) is 49.4 Å². The van der Waals surface area contributed by atoms with Gasteiger partial charge in [-0.15, -0.1) is 0 Å². The van der Waals surface area contributed by atoms with E-state index in [1.165, 1.54) is 10.8 Å². The molecule has 14 rings (SSSR count). The van der Waals surface area contributed by atoms with Crippen molar-refractivity contribution >= 4 is 105 Å². The highest BCUT2D eigenvalue weighted by molar-refractivity contribution is 6.14. The third kappa shape index (κ3) is 7.11. The van der Waals surface area contributed by atoms with Crippen molar-refractivity contribution in [3.63, 3.8) is 0 Å².